The minimum Gasteiger partial charge on any atom is -0.508 e. The SMILES string of the molecule is Oc1cc2cc(c1)C2. The predicted octanol–water partition coefficient (Wildman–Crippen LogP) is 1.30. The molecule has 0 radical (unpaired) electrons. The normalized spacial score (nSPS) is 13.0. The van der Waals surface area contributed by atoms with E-state index in [-0.39, 0.29) is 0 Å². The van der Waals surface area contributed by atoms with Gasteiger partial charge in [-0.25, -0.2) is 0 Å². The molecule has 1 nitrogen and oxygen atoms in total. The van der Waals surface area contributed by atoms with Crippen molar-refractivity contribution in [1.29, 1.82) is 0 Å². The predicted molar refractivity (Wildman–Crippen MR) is 30.9 cm³/mol. The van der Waals surface area contributed by atoms with E-state index in [9.17, 15) is 0 Å². The summed E-state index contributed by atoms with van der Waals surface area (Å²) in [6, 6.07) is 5.68. The summed E-state index contributed by atoms with van der Waals surface area (Å²) >= 11 is 0. The second-order valence-corrected chi connectivity index (χ2v) is 2.18. The summed E-state index contributed by atoms with van der Waals surface area (Å²) in [6.07, 6.45) is 1.06. The van der Waals surface area contributed by atoms with Gasteiger partial charge in [0.15, 0.2) is 0 Å². The highest BCUT2D eigenvalue weighted by molar-refractivity contribution is 5.44. The van der Waals surface area contributed by atoms with Crippen LogP contribution in [0.5, 0.6) is 5.75 Å². The molecule has 2 bridgehead atoms. The van der Waals surface area contributed by atoms with Gasteiger partial charge < -0.3 is 5.11 Å². The maximum atomic E-state index is 8.85. The Hall–Kier alpha value is -0.980. The Morgan fingerprint density at radius 1 is 1.12 bits per heavy atom. The van der Waals surface area contributed by atoms with E-state index in [1.54, 1.807) is 12.1 Å². The number of aromatic hydroxyl groups is 1. The molecule has 0 amide bonds. The van der Waals surface area contributed by atoms with Crippen LogP contribution in [-0.4, -0.2) is 5.11 Å². The molecule has 1 heteroatoms. The van der Waals surface area contributed by atoms with Gasteiger partial charge >= 0.3 is 0 Å². The minimum atomic E-state index is 0.406. The van der Waals surface area contributed by atoms with E-state index in [0.717, 1.165) is 6.42 Å². The highest BCUT2D eigenvalue weighted by atomic mass is 16.3. The summed E-state index contributed by atoms with van der Waals surface area (Å²) in [6.45, 7) is 0. The Bertz CT molecular complexity index is 206. The topological polar surface area (TPSA) is 20.2 Å². The maximum absolute atomic E-state index is 8.85. The molecular formula is C7H6O. The van der Waals surface area contributed by atoms with Crippen LogP contribution in [0, 0.1) is 0 Å². The molecular weight excluding hydrogens is 100 g/mol. The van der Waals surface area contributed by atoms with Crippen LogP contribution in [-0.2, 0) is 6.42 Å². The van der Waals surface area contributed by atoms with Crippen molar-refractivity contribution in [3.63, 3.8) is 0 Å². The number of rotatable bonds is 0. The van der Waals surface area contributed by atoms with Crippen LogP contribution >= 0.6 is 0 Å². The van der Waals surface area contributed by atoms with E-state index in [4.69, 9.17) is 5.11 Å². The van der Waals surface area contributed by atoms with E-state index in [2.05, 4.69) is 6.07 Å². The maximum Gasteiger partial charge on any atom is 0.116 e. The van der Waals surface area contributed by atoms with E-state index >= 15 is 0 Å². The molecule has 1 N–H and O–H groups in total. The second-order valence-electron chi connectivity index (χ2n) is 2.18. The van der Waals surface area contributed by atoms with Crippen molar-refractivity contribution in [2.45, 2.75) is 6.42 Å². The summed E-state index contributed by atoms with van der Waals surface area (Å²) < 4.78 is 0. The lowest BCUT2D eigenvalue weighted by Crippen LogP contribution is -1.98. The number of benzene rings is 1. The van der Waals surface area contributed by atoms with Crippen molar-refractivity contribution in [2.24, 2.45) is 0 Å². The zero-order valence-corrected chi connectivity index (χ0v) is 4.39. The van der Waals surface area contributed by atoms with Crippen LogP contribution in [0.1, 0.15) is 11.1 Å². The van der Waals surface area contributed by atoms with Crippen molar-refractivity contribution in [3.8, 4) is 5.75 Å². The molecule has 0 saturated carbocycles. The lowest BCUT2D eigenvalue weighted by atomic mass is 9.93. The van der Waals surface area contributed by atoms with Crippen molar-refractivity contribution in [3.05, 3.63) is 29.3 Å². The van der Waals surface area contributed by atoms with Gasteiger partial charge in [-0.2, -0.15) is 0 Å². The Kier molecular flexibility index (Phi) is 0.519. The largest absolute Gasteiger partial charge is 0.508 e. The van der Waals surface area contributed by atoms with Gasteiger partial charge in [0.25, 0.3) is 0 Å². The molecule has 0 atom stereocenters. The van der Waals surface area contributed by atoms with E-state index in [1.165, 1.54) is 11.1 Å². The molecule has 2 aliphatic carbocycles. The highest BCUT2D eigenvalue weighted by Crippen LogP contribution is 2.26. The summed E-state index contributed by atoms with van der Waals surface area (Å²) in [7, 11) is 0. The number of phenolic OH excluding ortho intramolecular Hbond substituents is 1. The van der Waals surface area contributed by atoms with Gasteiger partial charge in [-0.15, -0.1) is 0 Å². The third kappa shape index (κ3) is 0.360. The molecule has 2 aliphatic rings. The second kappa shape index (κ2) is 1.05. The first-order valence-corrected chi connectivity index (χ1v) is 2.66. The van der Waals surface area contributed by atoms with Crippen LogP contribution in [0.2, 0.25) is 0 Å². The first kappa shape index (κ1) is 3.96. The molecule has 3 rings (SSSR count). The molecule has 8 heavy (non-hydrogen) atoms. The van der Waals surface area contributed by atoms with Gasteiger partial charge in [0, 0.05) is 0 Å². The fourth-order valence-electron chi connectivity index (χ4n) is 1.05. The molecule has 0 unspecified atom stereocenters. The zero-order chi connectivity index (χ0) is 5.56. The number of hydrogen-bond acceptors (Lipinski definition) is 1. The highest BCUT2D eigenvalue weighted by Gasteiger charge is 2.08. The zero-order valence-electron chi connectivity index (χ0n) is 4.39. The van der Waals surface area contributed by atoms with Crippen molar-refractivity contribution in [2.75, 3.05) is 0 Å². The molecule has 0 aliphatic heterocycles. The summed E-state index contributed by atoms with van der Waals surface area (Å²) in [4.78, 5) is 0. The van der Waals surface area contributed by atoms with Crippen molar-refractivity contribution < 1.29 is 5.11 Å². The van der Waals surface area contributed by atoms with Crippen molar-refractivity contribution >= 4 is 0 Å². The first-order valence-electron chi connectivity index (χ1n) is 2.66. The Morgan fingerprint density at radius 3 is 1.88 bits per heavy atom. The van der Waals surface area contributed by atoms with Gasteiger partial charge in [-0.1, -0.05) is 6.07 Å². The third-order valence-electron chi connectivity index (χ3n) is 1.45. The molecule has 0 saturated heterocycles. The van der Waals surface area contributed by atoms with Gasteiger partial charge in [0.1, 0.15) is 5.75 Å². The Labute approximate surface area is 47.6 Å². The average Bonchev–Trinajstić information content (AvgIpc) is 1.62. The average molecular weight is 106 g/mol. The van der Waals surface area contributed by atoms with E-state index in [0.29, 0.717) is 5.75 Å². The molecule has 40 valence electrons. The Morgan fingerprint density at radius 2 is 1.62 bits per heavy atom. The Balaban J connectivity index is 2.69. The fraction of sp³-hybridized carbons (Fsp3) is 0.143. The lowest BCUT2D eigenvalue weighted by Gasteiger charge is -2.13. The van der Waals surface area contributed by atoms with Gasteiger partial charge in [-0.05, 0) is 29.7 Å². The van der Waals surface area contributed by atoms with Crippen molar-refractivity contribution in [1.82, 2.24) is 0 Å². The van der Waals surface area contributed by atoms with Gasteiger partial charge in [0.2, 0.25) is 0 Å². The van der Waals surface area contributed by atoms with Gasteiger partial charge in [-0.3, -0.25) is 0 Å². The summed E-state index contributed by atoms with van der Waals surface area (Å²) in [5.41, 5.74) is 2.50. The van der Waals surface area contributed by atoms with Crippen LogP contribution in [0.4, 0.5) is 0 Å². The quantitative estimate of drug-likeness (QED) is 0.536. The monoisotopic (exact) mass is 106 g/mol. The fourth-order valence-corrected chi connectivity index (χ4v) is 1.05. The third-order valence-corrected chi connectivity index (χ3v) is 1.45. The molecule has 1 aromatic carbocycles. The number of hydrogen-bond donors (Lipinski definition) is 1. The van der Waals surface area contributed by atoms with E-state index in [1.807, 2.05) is 0 Å². The smallest absolute Gasteiger partial charge is 0.116 e. The molecule has 1 aromatic rings. The van der Waals surface area contributed by atoms with E-state index < -0.39 is 0 Å². The van der Waals surface area contributed by atoms with Crippen LogP contribution in [0.15, 0.2) is 18.2 Å². The van der Waals surface area contributed by atoms with Crippen LogP contribution in [0.3, 0.4) is 0 Å². The van der Waals surface area contributed by atoms with Crippen LogP contribution < -0.4 is 0 Å². The van der Waals surface area contributed by atoms with Crippen LogP contribution in [0.25, 0.3) is 0 Å². The molecule has 0 aromatic heterocycles. The lowest BCUT2D eigenvalue weighted by molar-refractivity contribution is 0.472. The van der Waals surface area contributed by atoms with Gasteiger partial charge in [0.05, 0.1) is 0 Å². The standard InChI is InChI=1S/C7H6O/c8-7-3-5-1-6(2-5)4-7/h1,3-4,8H,2H2. The molecule has 0 heterocycles. The number of phenols is 1. The summed E-state index contributed by atoms with van der Waals surface area (Å²) in [5.74, 6) is 0.406. The number of fused-ring (bicyclic) bond motifs is 2. The molecule has 0 spiro atoms. The minimum absolute atomic E-state index is 0.406. The molecule has 0 fully saturated rings. The summed E-state index contributed by atoms with van der Waals surface area (Å²) in [5, 5.41) is 8.85. The first-order chi connectivity index (χ1) is 3.84.